The first kappa shape index (κ1) is 19.8. The summed E-state index contributed by atoms with van der Waals surface area (Å²) in [6, 6.07) is 0.663. The van der Waals surface area contributed by atoms with Gasteiger partial charge in [-0.3, -0.25) is 4.79 Å². The summed E-state index contributed by atoms with van der Waals surface area (Å²) >= 11 is 0. The third kappa shape index (κ3) is 3.49. The molecule has 9 heteroatoms. The molecule has 1 unspecified atom stereocenters. The molecule has 2 fully saturated rings. The molecular formula is C20H23F2N3O4. The molecule has 7 nitrogen and oxygen atoms in total. The molecule has 4 rings (SSSR count). The van der Waals surface area contributed by atoms with Crippen molar-refractivity contribution in [2.75, 3.05) is 37.7 Å². The molecule has 29 heavy (non-hydrogen) atoms. The number of esters is 1. The predicted octanol–water partition coefficient (Wildman–Crippen LogP) is 1.56. The van der Waals surface area contributed by atoms with Crippen LogP contribution in [0.3, 0.4) is 0 Å². The van der Waals surface area contributed by atoms with Gasteiger partial charge in [0.15, 0.2) is 5.82 Å². The van der Waals surface area contributed by atoms with Gasteiger partial charge in [-0.1, -0.05) is 0 Å². The maximum atomic E-state index is 15.6. The number of aliphatic hydroxyl groups excluding tert-OH is 1. The van der Waals surface area contributed by atoms with Crippen molar-refractivity contribution < 1.29 is 23.4 Å². The van der Waals surface area contributed by atoms with Crippen molar-refractivity contribution in [2.24, 2.45) is 0 Å². The zero-order chi connectivity index (χ0) is 20.7. The number of hydrogen-bond acceptors (Lipinski definition) is 6. The molecule has 1 aromatic carbocycles. The Bertz CT molecular complexity index is 1020. The molecule has 1 aromatic heterocycles. The number of piperazine rings is 1. The van der Waals surface area contributed by atoms with Gasteiger partial charge >= 0.3 is 5.97 Å². The van der Waals surface area contributed by atoms with Crippen molar-refractivity contribution in [1.29, 1.82) is 0 Å². The number of nitrogens with zero attached hydrogens (tertiary/aromatic N) is 2. The van der Waals surface area contributed by atoms with Crippen LogP contribution in [0.4, 0.5) is 14.5 Å². The minimum absolute atomic E-state index is 0.000953. The number of benzene rings is 1. The summed E-state index contributed by atoms with van der Waals surface area (Å²) in [6.07, 6.45) is 2.90. The van der Waals surface area contributed by atoms with E-state index < -0.39 is 23.0 Å². The van der Waals surface area contributed by atoms with Crippen molar-refractivity contribution in [1.82, 2.24) is 9.88 Å². The van der Waals surface area contributed by atoms with Gasteiger partial charge in [0.1, 0.15) is 17.1 Å². The fourth-order valence-corrected chi connectivity index (χ4v) is 3.87. The van der Waals surface area contributed by atoms with Crippen LogP contribution >= 0.6 is 0 Å². The molecule has 2 heterocycles. The Morgan fingerprint density at radius 1 is 1.38 bits per heavy atom. The first-order valence-corrected chi connectivity index (χ1v) is 9.79. The second kappa shape index (κ2) is 7.72. The number of nitrogens with one attached hydrogen (secondary N) is 1. The zero-order valence-electron chi connectivity index (χ0n) is 16.1. The maximum absolute atomic E-state index is 15.6. The number of halogens is 2. The topological polar surface area (TPSA) is 83.8 Å². The average Bonchev–Trinajstić information content (AvgIpc) is 3.54. The third-order valence-electron chi connectivity index (χ3n) is 5.41. The Labute approximate surface area is 165 Å². The lowest BCUT2D eigenvalue weighted by atomic mass is 10.1. The van der Waals surface area contributed by atoms with Gasteiger partial charge in [-0.15, -0.1) is 0 Å². The second-order valence-electron chi connectivity index (χ2n) is 7.43. The van der Waals surface area contributed by atoms with Gasteiger partial charge in [0, 0.05) is 37.9 Å². The standard InChI is InChI=1S/C20H23F2N3O4/c1-2-29-20(28)14-9-25(12-3-4-12)17-13(19(14)27)7-15(21)18(16(17)22)24-6-5-23-11(8-24)10-26/h7,9,11-12,23,26H,2-6,8,10H2,1H3. The van der Waals surface area contributed by atoms with Gasteiger partial charge in [0.2, 0.25) is 5.43 Å². The molecule has 0 bridgehead atoms. The van der Waals surface area contributed by atoms with Crippen molar-refractivity contribution in [3.63, 3.8) is 0 Å². The van der Waals surface area contributed by atoms with Gasteiger partial charge in [-0.25, -0.2) is 13.6 Å². The van der Waals surface area contributed by atoms with Gasteiger partial charge in [-0.05, 0) is 25.8 Å². The number of hydrogen-bond donors (Lipinski definition) is 2. The number of rotatable bonds is 5. The Hall–Kier alpha value is -2.52. The largest absolute Gasteiger partial charge is 0.462 e. The molecule has 1 atom stereocenters. The van der Waals surface area contributed by atoms with E-state index in [9.17, 15) is 19.1 Å². The van der Waals surface area contributed by atoms with Crippen molar-refractivity contribution in [3.8, 4) is 0 Å². The van der Waals surface area contributed by atoms with Crippen LogP contribution in [0.1, 0.15) is 36.2 Å². The Morgan fingerprint density at radius 2 is 2.14 bits per heavy atom. The molecule has 2 N–H and O–H groups in total. The van der Waals surface area contributed by atoms with Crippen molar-refractivity contribution in [3.05, 3.63) is 39.7 Å². The molecule has 0 radical (unpaired) electrons. The van der Waals surface area contributed by atoms with Crippen LogP contribution in [-0.4, -0.2) is 54.5 Å². The maximum Gasteiger partial charge on any atom is 0.343 e. The zero-order valence-corrected chi connectivity index (χ0v) is 16.1. The minimum atomic E-state index is -0.867. The summed E-state index contributed by atoms with van der Waals surface area (Å²) in [4.78, 5) is 26.6. The molecule has 2 aromatic rings. The summed E-state index contributed by atoms with van der Waals surface area (Å²) in [5.74, 6) is -2.49. The fourth-order valence-electron chi connectivity index (χ4n) is 3.87. The molecule has 1 saturated carbocycles. The molecular weight excluding hydrogens is 384 g/mol. The summed E-state index contributed by atoms with van der Waals surface area (Å²) in [5.41, 5.74) is -1.18. The average molecular weight is 407 g/mol. The highest BCUT2D eigenvalue weighted by molar-refractivity contribution is 5.95. The van der Waals surface area contributed by atoms with Crippen LogP contribution in [-0.2, 0) is 4.74 Å². The number of carbonyl (C=O) groups is 1. The number of aliphatic hydroxyl groups is 1. The fraction of sp³-hybridized carbons (Fsp3) is 0.500. The highest BCUT2D eigenvalue weighted by Crippen LogP contribution is 2.39. The van der Waals surface area contributed by atoms with E-state index in [1.165, 1.54) is 6.20 Å². The SMILES string of the molecule is CCOC(=O)c1cn(C2CC2)c2c(F)c(N3CCNC(CO)C3)c(F)cc2c1=O. The number of pyridine rings is 1. The van der Waals surface area contributed by atoms with E-state index >= 15 is 4.39 Å². The van der Waals surface area contributed by atoms with E-state index in [1.807, 2.05) is 0 Å². The van der Waals surface area contributed by atoms with E-state index in [-0.39, 0.29) is 54.0 Å². The molecule has 1 aliphatic heterocycles. The number of aromatic nitrogens is 1. The lowest BCUT2D eigenvalue weighted by molar-refractivity contribution is 0.0524. The van der Waals surface area contributed by atoms with Crippen LogP contribution in [0.25, 0.3) is 10.9 Å². The summed E-state index contributed by atoms with van der Waals surface area (Å²) in [7, 11) is 0. The second-order valence-corrected chi connectivity index (χ2v) is 7.43. The number of fused-ring (bicyclic) bond motifs is 1. The van der Waals surface area contributed by atoms with Gasteiger partial charge < -0.3 is 24.6 Å². The Morgan fingerprint density at radius 3 is 2.79 bits per heavy atom. The van der Waals surface area contributed by atoms with Crippen LogP contribution in [0.2, 0.25) is 0 Å². The minimum Gasteiger partial charge on any atom is -0.462 e. The Balaban J connectivity index is 1.91. The highest BCUT2D eigenvalue weighted by atomic mass is 19.1. The quantitative estimate of drug-likeness (QED) is 0.732. The number of anilines is 1. The van der Waals surface area contributed by atoms with Crippen LogP contribution in [0, 0.1) is 11.6 Å². The van der Waals surface area contributed by atoms with Crippen LogP contribution < -0.4 is 15.6 Å². The third-order valence-corrected chi connectivity index (χ3v) is 5.41. The van der Waals surface area contributed by atoms with Crippen LogP contribution in [0.15, 0.2) is 17.1 Å². The molecule has 1 aliphatic carbocycles. The summed E-state index contributed by atoms with van der Waals surface area (Å²) < 4.78 is 37.1. The first-order chi connectivity index (χ1) is 14.0. The molecule has 156 valence electrons. The molecule has 2 aliphatic rings. The monoisotopic (exact) mass is 407 g/mol. The van der Waals surface area contributed by atoms with Gasteiger partial charge in [0.25, 0.3) is 0 Å². The highest BCUT2D eigenvalue weighted by Gasteiger charge is 2.32. The van der Waals surface area contributed by atoms with E-state index in [0.29, 0.717) is 13.1 Å². The van der Waals surface area contributed by atoms with E-state index in [1.54, 1.807) is 16.4 Å². The lowest BCUT2D eigenvalue weighted by Crippen LogP contribution is -2.52. The first-order valence-electron chi connectivity index (χ1n) is 9.79. The van der Waals surface area contributed by atoms with Gasteiger partial charge in [-0.2, -0.15) is 0 Å². The summed E-state index contributed by atoms with van der Waals surface area (Å²) in [5, 5.41) is 12.3. The van der Waals surface area contributed by atoms with Crippen molar-refractivity contribution in [2.45, 2.75) is 31.8 Å². The smallest absolute Gasteiger partial charge is 0.343 e. The Kier molecular flexibility index (Phi) is 5.26. The van der Waals surface area contributed by atoms with Crippen molar-refractivity contribution >= 4 is 22.6 Å². The van der Waals surface area contributed by atoms with E-state index in [0.717, 1.165) is 18.9 Å². The number of carbonyl (C=O) groups excluding carboxylic acids is 1. The molecule has 0 spiro atoms. The van der Waals surface area contributed by atoms with E-state index in [2.05, 4.69) is 5.32 Å². The lowest BCUT2D eigenvalue weighted by Gasteiger charge is -2.35. The normalized spacial score (nSPS) is 19.6. The number of ether oxygens (including phenoxy) is 1. The molecule has 0 amide bonds. The summed E-state index contributed by atoms with van der Waals surface area (Å²) in [6.45, 7) is 2.64. The van der Waals surface area contributed by atoms with E-state index in [4.69, 9.17) is 4.74 Å². The van der Waals surface area contributed by atoms with Crippen LogP contribution in [0.5, 0.6) is 0 Å². The molecule has 1 saturated heterocycles. The van der Waals surface area contributed by atoms with Gasteiger partial charge in [0.05, 0.1) is 24.1 Å². The predicted molar refractivity (Wildman–Crippen MR) is 103 cm³/mol.